The normalized spacial score (nSPS) is 23.9. The molecule has 2 rings (SSSR count). The summed E-state index contributed by atoms with van der Waals surface area (Å²) in [6.07, 6.45) is 0. The molecule has 0 bridgehead atoms. The Labute approximate surface area is 138 Å². The largest absolute Gasteiger partial charge is 0.339 e. The van der Waals surface area contributed by atoms with Gasteiger partial charge in [-0.25, -0.2) is 0 Å². The highest BCUT2D eigenvalue weighted by Crippen LogP contribution is 2.14. The first-order valence-corrected chi connectivity index (χ1v) is 8.70. The number of piperazine rings is 2. The molecule has 0 aromatic rings. The van der Waals surface area contributed by atoms with Gasteiger partial charge in [0.15, 0.2) is 0 Å². The number of halogens is 1. The van der Waals surface area contributed by atoms with E-state index >= 15 is 0 Å². The molecule has 130 valence electrons. The predicted molar refractivity (Wildman–Crippen MR) is 87.0 cm³/mol. The lowest BCUT2D eigenvalue weighted by molar-refractivity contribution is -0.133. The Morgan fingerprint density at radius 3 is 1.77 bits per heavy atom. The van der Waals surface area contributed by atoms with Crippen molar-refractivity contribution in [2.75, 3.05) is 59.4 Å². The number of likely N-dealkylation sites (N-methyl/N-ethyl adjacent to an activating group) is 1. The highest BCUT2D eigenvalue weighted by Gasteiger charge is 2.34. The van der Waals surface area contributed by atoms with Crippen molar-refractivity contribution < 1.29 is 13.2 Å². The van der Waals surface area contributed by atoms with Gasteiger partial charge in [0.25, 0.3) is 10.2 Å². The molecule has 0 spiro atoms. The van der Waals surface area contributed by atoms with E-state index in [9.17, 15) is 13.2 Å². The van der Waals surface area contributed by atoms with Crippen LogP contribution in [-0.2, 0) is 15.0 Å². The Balaban J connectivity index is 0.00000242. The van der Waals surface area contributed by atoms with Crippen molar-refractivity contribution in [1.29, 1.82) is 0 Å². The summed E-state index contributed by atoms with van der Waals surface area (Å²) in [5.74, 6) is -0.119. The van der Waals surface area contributed by atoms with Crippen molar-refractivity contribution >= 4 is 28.5 Å². The Hall–Kier alpha value is -0.450. The molecule has 10 heteroatoms. The molecule has 0 aromatic heterocycles. The molecule has 0 unspecified atom stereocenters. The second kappa shape index (κ2) is 7.89. The summed E-state index contributed by atoms with van der Waals surface area (Å²) in [5.41, 5.74) is 5.58. The van der Waals surface area contributed by atoms with Crippen LogP contribution in [0.4, 0.5) is 0 Å². The summed E-state index contributed by atoms with van der Waals surface area (Å²) in [6.45, 7) is 5.71. The predicted octanol–water partition coefficient (Wildman–Crippen LogP) is -1.61. The molecule has 2 heterocycles. The molecule has 0 aliphatic carbocycles. The first-order valence-electron chi connectivity index (χ1n) is 7.30. The Morgan fingerprint density at radius 2 is 1.36 bits per heavy atom. The molecule has 2 fully saturated rings. The number of nitrogens with zero attached hydrogens (tertiary/aromatic N) is 4. The maximum Gasteiger partial charge on any atom is 0.282 e. The van der Waals surface area contributed by atoms with Gasteiger partial charge in [0, 0.05) is 52.4 Å². The van der Waals surface area contributed by atoms with Crippen LogP contribution in [0.3, 0.4) is 0 Å². The van der Waals surface area contributed by atoms with Crippen molar-refractivity contribution in [2.45, 2.75) is 13.0 Å². The minimum atomic E-state index is -3.41. The Kier molecular flexibility index (Phi) is 7.03. The van der Waals surface area contributed by atoms with E-state index in [1.807, 2.05) is 7.05 Å². The molecular formula is C12H26ClN5O3S. The fraction of sp³-hybridized carbons (Fsp3) is 0.917. The van der Waals surface area contributed by atoms with Crippen LogP contribution in [0.25, 0.3) is 0 Å². The number of rotatable bonds is 3. The fourth-order valence-corrected chi connectivity index (χ4v) is 4.19. The van der Waals surface area contributed by atoms with E-state index in [0.717, 1.165) is 13.1 Å². The van der Waals surface area contributed by atoms with Gasteiger partial charge in [-0.05, 0) is 14.0 Å². The summed E-state index contributed by atoms with van der Waals surface area (Å²) in [7, 11) is -1.42. The summed E-state index contributed by atoms with van der Waals surface area (Å²) < 4.78 is 28.1. The van der Waals surface area contributed by atoms with E-state index in [2.05, 4.69) is 4.90 Å². The van der Waals surface area contributed by atoms with E-state index in [4.69, 9.17) is 5.73 Å². The van der Waals surface area contributed by atoms with Crippen LogP contribution in [0.2, 0.25) is 0 Å². The van der Waals surface area contributed by atoms with E-state index in [0.29, 0.717) is 39.3 Å². The Bertz CT molecular complexity index is 471. The van der Waals surface area contributed by atoms with Gasteiger partial charge in [0.05, 0.1) is 6.04 Å². The molecule has 0 aromatic carbocycles. The quantitative estimate of drug-likeness (QED) is 0.658. The third kappa shape index (κ3) is 4.30. The molecule has 22 heavy (non-hydrogen) atoms. The lowest BCUT2D eigenvalue weighted by atomic mass is 10.2. The van der Waals surface area contributed by atoms with Gasteiger partial charge in [0.1, 0.15) is 0 Å². The number of amides is 1. The summed E-state index contributed by atoms with van der Waals surface area (Å²) in [6, 6.07) is -0.536. The highest BCUT2D eigenvalue weighted by molar-refractivity contribution is 7.86. The van der Waals surface area contributed by atoms with E-state index in [1.54, 1.807) is 11.8 Å². The monoisotopic (exact) mass is 355 g/mol. The van der Waals surface area contributed by atoms with Gasteiger partial charge in [0.2, 0.25) is 5.91 Å². The molecule has 2 saturated heterocycles. The van der Waals surface area contributed by atoms with Gasteiger partial charge >= 0.3 is 0 Å². The third-order valence-corrected chi connectivity index (χ3v) is 6.09. The Morgan fingerprint density at radius 1 is 0.955 bits per heavy atom. The zero-order chi connectivity index (χ0) is 15.6. The summed E-state index contributed by atoms with van der Waals surface area (Å²) in [5, 5.41) is 0. The molecular weight excluding hydrogens is 330 g/mol. The second-order valence-corrected chi connectivity index (χ2v) is 7.65. The first kappa shape index (κ1) is 19.6. The van der Waals surface area contributed by atoms with Gasteiger partial charge < -0.3 is 15.5 Å². The molecule has 0 saturated carbocycles. The van der Waals surface area contributed by atoms with Crippen LogP contribution in [-0.4, -0.2) is 98.2 Å². The van der Waals surface area contributed by atoms with E-state index in [1.165, 1.54) is 8.61 Å². The smallest absolute Gasteiger partial charge is 0.282 e. The van der Waals surface area contributed by atoms with Gasteiger partial charge in [-0.2, -0.15) is 17.0 Å². The number of carbonyl (C=O) groups is 1. The minimum absolute atomic E-state index is 0. The van der Waals surface area contributed by atoms with Crippen molar-refractivity contribution in [3.05, 3.63) is 0 Å². The maximum absolute atomic E-state index is 12.6. The SMILES string of the molecule is C[C@@H](N)C(=O)N1CCN(S(=O)(=O)N2CCN(C)CC2)CC1.Cl. The fourth-order valence-electron chi connectivity index (χ4n) is 2.61. The van der Waals surface area contributed by atoms with E-state index < -0.39 is 16.3 Å². The molecule has 8 nitrogen and oxygen atoms in total. The van der Waals surface area contributed by atoms with Crippen molar-refractivity contribution in [3.8, 4) is 0 Å². The van der Waals surface area contributed by atoms with Gasteiger partial charge in [-0.1, -0.05) is 0 Å². The number of carbonyl (C=O) groups excluding carboxylic acids is 1. The van der Waals surface area contributed by atoms with Crippen LogP contribution in [0, 0.1) is 0 Å². The van der Waals surface area contributed by atoms with Crippen molar-refractivity contribution in [1.82, 2.24) is 18.4 Å². The lowest BCUT2D eigenvalue weighted by Crippen LogP contribution is -2.58. The average Bonchev–Trinajstić information content (AvgIpc) is 2.47. The van der Waals surface area contributed by atoms with Crippen LogP contribution in [0.5, 0.6) is 0 Å². The highest BCUT2D eigenvalue weighted by atomic mass is 35.5. The lowest BCUT2D eigenvalue weighted by Gasteiger charge is -2.39. The standard InChI is InChI=1S/C12H25N5O3S.ClH/c1-11(13)12(18)15-5-9-17(10-6-15)21(19,20)16-7-3-14(2)4-8-16;/h11H,3-10,13H2,1-2H3;1H/t11-;/m1./s1. The van der Waals surface area contributed by atoms with Crippen molar-refractivity contribution in [3.63, 3.8) is 0 Å². The summed E-state index contributed by atoms with van der Waals surface area (Å²) >= 11 is 0. The molecule has 1 amide bonds. The number of hydrogen-bond donors (Lipinski definition) is 1. The second-order valence-electron chi connectivity index (χ2n) is 5.72. The van der Waals surface area contributed by atoms with Crippen LogP contribution in [0.1, 0.15) is 6.92 Å². The van der Waals surface area contributed by atoms with Gasteiger partial charge in [-0.3, -0.25) is 4.79 Å². The zero-order valence-electron chi connectivity index (χ0n) is 13.1. The molecule has 2 N–H and O–H groups in total. The third-order valence-electron chi connectivity index (χ3n) is 4.05. The van der Waals surface area contributed by atoms with Crippen LogP contribution < -0.4 is 5.73 Å². The molecule has 0 radical (unpaired) electrons. The molecule has 2 aliphatic heterocycles. The molecule has 1 atom stereocenters. The number of hydrogen-bond acceptors (Lipinski definition) is 5. The zero-order valence-corrected chi connectivity index (χ0v) is 14.8. The molecule has 2 aliphatic rings. The summed E-state index contributed by atoms with van der Waals surface area (Å²) in [4.78, 5) is 15.6. The van der Waals surface area contributed by atoms with Crippen LogP contribution >= 0.6 is 12.4 Å². The first-order chi connectivity index (χ1) is 9.82. The van der Waals surface area contributed by atoms with Crippen molar-refractivity contribution in [2.24, 2.45) is 5.73 Å². The van der Waals surface area contributed by atoms with Gasteiger partial charge in [-0.15, -0.1) is 12.4 Å². The maximum atomic E-state index is 12.6. The topological polar surface area (TPSA) is 90.2 Å². The average molecular weight is 356 g/mol. The van der Waals surface area contributed by atoms with E-state index in [-0.39, 0.29) is 18.3 Å². The minimum Gasteiger partial charge on any atom is -0.339 e. The number of nitrogens with two attached hydrogens (primary N) is 1. The van der Waals surface area contributed by atoms with Crippen LogP contribution in [0.15, 0.2) is 0 Å².